The zero-order valence-electron chi connectivity index (χ0n) is 10.4. The Morgan fingerprint density at radius 3 is 2.84 bits per heavy atom. The van der Waals surface area contributed by atoms with E-state index in [9.17, 15) is 13.6 Å². The van der Waals surface area contributed by atoms with Crippen molar-refractivity contribution in [2.45, 2.75) is 25.3 Å². The van der Waals surface area contributed by atoms with Gasteiger partial charge < -0.3 is 10.6 Å². The fourth-order valence-electron chi connectivity index (χ4n) is 2.20. The molecule has 1 unspecified atom stereocenters. The molecule has 0 saturated carbocycles. The van der Waals surface area contributed by atoms with Crippen LogP contribution in [-0.2, 0) is 11.2 Å². The molecule has 0 aromatic heterocycles. The Morgan fingerprint density at radius 1 is 1.42 bits per heavy atom. The van der Waals surface area contributed by atoms with E-state index in [-0.39, 0.29) is 36.3 Å². The van der Waals surface area contributed by atoms with Crippen LogP contribution in [-0.4, -0.2) is 29.9 Å². The van der Waals surface area contributed by atoms with Crippen molar-refractivity contribution >= 4 is 18.3 Å². The fourth-order valence-corrected chi connectivity index (χ4v) is 2.20. The predicted octanol–water partition coefficient (Wildman–Crippen LogP) is 1.88. The van der Waals surface area contributed by atoms with Crippen molar-refractivity contribution in [2.75, 3.05) is 13.1 Å². The second kappa shape index (κ2) is 6.82. The van der Waals surface area contributed by atoms with Crippen molar-refractivity contribution in [1.29, 1.82) is 0 Å². The van der Waals surface area contributed by atoms with Gasteiger partial charge in [-0.15, -0.1) is 12.4 Å². The molecule has 1 saturated heterocycles. The average molecular weight is 291 g/mol. The standard InChI is InChI=1S/C13H16F2N2O.ClH/c14-11-5-1-3-9(13(11)15)7-12(18)17-6-2-4-10(16)8-17;/h1,3,5,10H,2,4,6-8,16H2;1H. The number of halogens is 3. The van der Waals surface area contributed by atoms with E-state index in [0.29, 0.717) is 13.1 Å². The van der Waals surface area contributed by atoms with Gasteiger partial charge >= 0.3 is 0 Å². The summed E-state index contributed by atoms with van der Waals surface area (Å²) in [6.45, 7) is 1.14. The average Bonchev–Trinajstić information content (AvgIpc) is 2.35. The predicted molar refractivity (Wildman–Crippen MR) is 71.1 cm³/mol. The first-order chi connectivity index (χ1) is 8.58. The zero-order chi connectivity index (χ0) is 13.1. The third kappa shape index (κ3) is 3.88. The van der Waals surface area contributed by atoms with Crippen LogP contribution >= 0.6 is 12.4 Å². The SMILES string of the molecule is Cl.NC1CCCN(C(=O)Cc2cccc(F)c2F)C1. The molecule has 1 fully saturated rings. The first-order valence-corrected chi connectivity index (χ1v) is 6.04. The van der Waals surface area contributed by atoms with Gasteiger partial charge in [0.25, 0.3) is 0 Å². The normalized spacial score (nSPS) is 18.9. The zero-order valence-corrected chi connectivity index (χ0v) is 11.3. The van der Waals surface area contributed by atoms with Crippen molar-refractivity contribution in [3.63, 3.8) is 0 Å². The monoisotopic (exact) mass is 290 g/mol. The summed E-state index contributed by atoms with van der Waals surface area (Å²) < 4.78 is 26.4. The number of likely N-dealkylation sites (tertiary alicyclic amines) is 1. The summed E-state index contributed by atoms with van der Waals surface area (Å²) in [5.41, 5.74) is 5.88. The van der Waals surface area contributed by atoms with Crippen molar-refractivity contribution < 1.29 is 13.6 Å². The van der Waals surface area contributed by atoms with Gasteiger partial charge in [-0.05, 0) is 18.9 Å². The molecule has 0 spiro atoms. The molecule has 2 rings (SSSR count). The van der Waals surface area contributed by atoms with E-state index in [1.54, 1.807) is 4.90 Å². The van der Waals surface area contributed by atoms with Gasteiger partial charge in [0.15, 0.2) is 11.6 Å². The molecule has 1 atom stereocenters. The van der Waals surface area contributed by atoms with E-state index >= 15 is 0 Å². The van der Waals surface area contributed by atoms with Gasteiger partial charge in [-0.3, -0.25) is 4.79 Å². The first kappa shape index (κ1) is 15.9. The van der Waals surface area contributed by atoms with Crippen molar-refractivity contribution in [2.24, 2.45) is 5.73 Å². The Labute approximate surface area is 117 Å². The Hall–Kier alpha value is -1.20. The highest BCUT2D eigenvalue weighted by atomic mass is 35.5. The van der Waals surface area contributed by atoms with Crippen LogP contribution in [0.3, 0.4) is 0 Å². The van der Waals surface area contributed by atoms with Crippen LogP contribution < -0.4 is 5.73 Å². The molecular formula is C13H17ClF2N2O. The Bertz CT molecular complexity index is 456. The van der Waals surface area contributed by atoms with E-state index in [0.717, 1.165) is 18.9 Å². The second-order valence-corrected chi connectivity index (χ2v) is 4.63. The van der Waals surface area contributed by atoms with E-state index in [1.165, 1.54) is 12.1 Å². The summed E-state index contributed by atoms with van der Waals surface area (Å²) in [7, 11) is 0. The molecule has 1 aliphatic heterocycles. The van der Waals surface area contributed by atoms with Gasteiger partial charge in [0.2, 0.25) is 5.91 Å². The lowest BCUT2D eigenvalue weighted by molar-refractivity contribution is -0.131. The van der Waals surface area contributed by atoms with Gasteiger partial charge in [-0.2, -0.15) is 0 Å². The summed E-state index contributed by atoms with van der Waals surface area (Å²) in [5.74, 6) is -2.06. The minimum absolute atomic E-state index is 0. The Kier molecular flexibility index (Phi) is 5.69. The van der Waals surface area contributed by atoms with Gasteiger partial charge in [-0.25, -0.2) is 8.78 Å². The number of carbonyl (C=O) groups is 1. The van der Waals surface area contributed by atoms with Crippen LogP contribution in [0.1, 0.15) is 18.4 Å². The van der Waals surface area contributed by atoms with Crippen LogP contribution in [0.15, 0.2) is 18.2 Å². The summed E-state index contributed by atoms with van der Waals surface area (Å²) >= 11 is 0. The van der Waals surface area contributed by atoms with E-state index in [2.05, 4.69) is 0 Å². The molecule has 0 aliphatic carbocycles. The summed E-state index contributed by atoms with van der Waals surface area (Å²) in [5, 5.41) is 0. The molecule has 106 valence electrons. The third-order valence-corrected chi connectivity index (χ3v) is 3.18. The lowest BCUT2D eigenvalue weighted by Gasteiger charge is -2.30. The largest absolute Gasteiger partial charge is 0.341 e. The smallest absolute Gasteiger partial charge is 0.227 e. The Morgan fingerprint density at radius 2 is 2.16 bits per heavy atom. The number of rotatable bonds is 2. The molecule has 1 aromatic rings. The third-order valence-electron chi connectivity index (χ3n) is 3.18. The van der Waals surface area contributed by atoms with Crippen LogP contribution in [0.5, 0.6) is 0 Å². The summed E-state index contributed by atoms with van der Waals surface area (Å²) in [6.07, 6.45) is 1.65. The number of carbonyl (C=O) groups excluding carboxylic acids is 1. The van der Waals surface area contributed by atoms with Crippen molar-refractivity contribution in [1.82, 2.24) is 4.90 Å². The maximum Gasteiger partial charge on any atom is 0.227 e. The molecule has 1 aliphatic rings. The van der Waals surface area contributed by atoms with Gasteiger partial charge in [0.1, 0.15) is 0 Å². The van der Waals surface area contributed by atoms with Gasteiger partial charge in [-0.1, -0.05) is 12.1 Å². The van der Waals surface area contributed by atoms with Crippen LogP contribution in [0.2, 0.25) is 0 Å². The highest BCUT2D eigenvalue weighted by molar-refractivity contribution is 5.85. The topological polar surface area (TPSA) is 46.3 Å². The van der Waals surface area contributed by atoms with Gasteiger partial charge in [0, 0.05) is 24.7 Å². The fraction of sp³-hybridized carbons (Fsp3) is 0.462. The van der Waals surface area contributed by atoms with Crippen molar-refractivity contribution in [3.8, 4) is 0 Å². The maximum atomic E-state index is 13.4. The number of hydrogen-bond acceptors (Lipinski definition) is 2. The minimum Gasteiger partial charge on any atom is -0.341 e. The van der Waals surface area contributed by atoms with Crippen LogP contribution in [0.4, 0.5) is 8.78 Å². The van der Waals surface area contributed by atoms with Crippen molar-refractivity contribution in [3.05, 3.63) is 35.4 Å². The number of piperidine rings is 1. The van der Waals surface area contributed by atoms with E-state index in [1.807, 2.05) is 0 Å². The number of hydrogen-bond donors (Lipinski definition) is 1. The molecule has 0 radical (unpaired) electrons. The Balaban J connectivity index is 0.00000180. The lowest BCUT2D eigenvalue weighted by atomic mass is 10.0. The molecule has 1 amide bonds. The minimum atomic E-state index is -0.938. The number of nitrogens with zero attached hydrogens (tertiary/aromatic N) is 1. The molecular weight excluding hydrogens is 274 g/mol. The van der Waals surface area contributed by atoms with Gasteiger partial charge in [0.05, 0.1) is 6.42 Å². The number of amides is 1. The molecule has 19 heavy (non-hydrogen) atoms. The summed E-state index contributed by atoms with van der Waals surface area (Å²) in [6, 6.07) is 3.86. The molecule has 2 N–H and O–H groups in total. The lowest BCUT2D eigenvalue weighted by Crippen LogP contribution is -2.46. The second-order valence-electron chi connectivity index (χ2n) is 4.63. The van der Waals surface area contributed by atoms with E-state index < -0.39 is 11.6 Å². The first-order valence-electron chi connectivity index (χ1n) is 6.04. The summed E-state index contributed by atoms with van der Waals surface area (Å²) in [4.78, 5) is 13.6. The molecule has 3 nitrogen and oxygen atoms in total. The highest BCUT2D eigenvalue weighted by Gasteiger charge is 2.22. The van der Waals surface area contributed by atoms with Crippen LogP contribution in [0.25, 0.3) is 0 Å². The molecule has 6 heteroatoms. The molecule has 0 bridgehead atoms. The number of benzene rings is 1. The quantitative estimate of drug-likeness (QED) is 0.904. The van der Waals surface area contributed by atoms with E-state index in [4.69, 9.17) is 5.73 Å². The molecule has 1 aromatic carbocycles. The number of nitrogens with two attached hydrogens (primary N) is 1. The highest BCUT2D eigenvalue weighted by Crippen LogP contribution is 2.15. The maximum absolute atomic E-state index is 13.4. The van der Waals surface area contributed by atoms with Crippen LogP contribution in [0, 0.1) is 11.6 Å². The molecule has 1 heterocycles.